The first-order chi connectivity index (χ1) is 6.81. The average Bonchev–Trinajstić information content (AvgIpc) is 2.70. The zero-order valence-electron chi connectivity index (χ0n) is 8.24. The maximum Gasteiger partial charge on any atom is 0.141 e. The summed E-state index contributed by atoms with van der Waals surface area (Å²) < 4.78 is 5.26. The Morgan fingerprint density at radius 2 is 2.21 bits per heavy atom. The van der Waals surface area contributed by atoms with E-state index in [0.29, 0.717) is 0 Å². The summed E-state index contributed by atoms with van der Waals surface area (Å²) in [4.78, 5) is 7.26. The molecule has 1 heterocycles. The van der Waals surface area contributed by atoms with Crippen molar-refractivity contribution in [3.63, 3.8) is 0 Å². The van der Waals surface area contributed by atoms with Crippen LogP contribution in [0.1, 0.15) is 5.56 Å². The number of aromatic nitrogens is 2. The normalized spacial score (nSPS) is 10.1. The van der Waals surface area contributed by atoms with Crippen LogP contribution in [0, 0.1) is 6.92 Å². The number of hydrogen-bond acceptors (Lipinski definition) is 2. The molecule has 0 aliphatic rings. The standard InChI is InChI=1S/C11H12N2O/c1-8-3-4-10(14-2)9(7-8)11-12-5-6-13-11/h3-7H,1-2H3,(H,12,13). The zero-order valence-corrected chi connectivity index (χ0v) is 8.24. The van der Waals surface area contributed by atoms with Crippen LogP contribution in [0.5, 0.6) is 5.75 Å². The molecule has 0 spiro atoms. The first-order valence-electron chi connectivity index (χ1n) is 4.45. The molecule has 14 heavy (non-hydrogen) atoms. The first-order valence-corrected chi connectivity index (χ1v) is 4.45. The van der Waals surface area contributed by atoms with Gasteiger partial charge in [0.1, 0.15) is 11.6 Å². The Labute approximate surface area is 82.8 Å². The zero-order chi connectivity index (χ0) is 9.97. The average molecular weight is 188 g/mol. The number of nitrogens with zero attached hydrogens (tertiary/aromatic N) is 1. The van der Waals surface area contributed by atoms with Gasteiger partial charge in [-0.05, 0) is 19.1 Å². The van der Waals surface area contributed by atoms with E-state index in [1.165, 1.54) is 5.56 Å². The SMILES string of the molecule is COc1ccc(C)cc1-c1ncc[nH]1. The van der Waals surface area contributed by atoms with Crippen LogP contribution in [0.2, 0.25) is 0 Å². The fourth-order valence-corrected chi connectivity index (χ4v) is 1.42. The van der Waals surface area contributed by atoms with Crippen LogP contribution in [-0.2, 0) is 0 Å². The van der Waals surface area contributed by atoms with E-state index in [1.54, 1.807) is 19.5 Å². The van der Waals surface area contributed by atoms with Crippen LogP contribution >= 0.6 is 0 Å². The summed E-state index contributed by atoms with van der Waals surface area (Å²) in [6.45, 7) is 2.05. The molecule has 0 radical (unpaired) electrons. The number of ether oxygens (including phenoxy) is 1. The highest BCUT2D eigenvalue weighted by atomic mass is 16.5. The third kappa shape index (κ3) is 1.48. The quantitative estimate of drug-likeness (QED) is 0.785. The Hall–Kier alpha value is -1.77. The predicted octanol–water partition coefficient (Wildman–Crippen LogP) is 2.39. The number of hydrogen-bond donors (Lipinski definition) is 1. The molecule has 0 aliphatic carbocycles. The van der Waals surface area contributed by atoms with Crippen molar-refractivity contribution >= 4 is 0 Å². The maximum absolute atomic E-state index is 5.26. The number of rotatable bonds is 2. The van der Waals surface area contributed by atoms with Crippen molar-refractivity contribution in [1.82, 2.24) is 9.97 Å². The van der Waals surface area contributed by atoms with Crippen LogP contribution in [-0.4, -0.2) is 17.1 Å². The van der Waals surface area contributed by atoms with E-state index in [4.69, 9.17) is 4.74 Å². The third-order valence-corrected chi connectivity index (χ3v) is 2.11. The van der Waals surface area contributed by atoms with Crippen LogP contribution in [0.3, 0.4) is 0 Å². The highest BCUT2D eigenvalue weighted by Crippen LogP contribution is 2.27. The predicted molar refractivity (Wildman–Crippen MR) is 55.3 cm³/mol. The molecule has 3 heteroatoms. The number of aryl methyl sites for hydroxylation is 1. The van der Waals surface area contributed by atoms with Crippen molar-refractivity contribution in [2.75, 3.05) is 7.11 Å². The molecule has 0 atom stereocenters. The van der Waals surface area contributed by atoms with E-state index >= 15 is 0 Å². The van der Waals surface area contributed by atoms with E-state index in [9.17, 15) is 0 Å². The second kappa shape index (κ2) is 3.54. The number of benzene rings is 1. The topological polar surface area (TPSA) is 37.9 Å². The Bertz CT molecular complexity index is 421. The van der Waals surface area contributed by atoms with Crippen LogP contribution < -0.4 is 4.74 Å². The molecule has 0 amide bonds. The van der Waals surface area contributed by atoms with E-state index in [-0.39, 0.29) is 0 Å². The molecular formula is C11H12N2O. The van der Waals surface area contributed by atoms with Gasteiger partial charge in [-0.2, -0.15) is 0 Å². The summed E-state index contributed by atoms with van der Waals surface area (Å²) >= 11 is 0. The van der Waals surface area contributed by atoms with Gasteiger partial charge in [-0.15, -0.1) is 0 Å². The monoisotopic (exact) mass is 188 g/mol. The van der Waals surface area contributed by atoms with Gasteiger partial charge in [0.25, 0.3) is 0 Å². The molecule has 1 N–H and O–H groups in total. The van der Waals surface area contributed by atoms with Crippen molar-refractivity contribution in [2.45, 2.75) is 6.92 Å². The van der Waals surface area contributed by atoms with Crippen molar-refractivity contribution in [1.29, 1.82) is 0 Å². The number of aromatic amines is 1. The molecule has 0 fully saturated rings. The van der Waals surface area contributed by atoms with Gasteiger partial charge in [0.05, 0.1) is 12.7 Å². The van der Waals surface area contributed by atoms with Gasteiger partial charge in [-0.25, -0.2) is 4.98 Å². The Morgan fingerprint density at radius 3 is 2.86 bits per heavy atom. The van der Waals surface area contributed by atoms with E-state index < -0.39 is 0 Å². The van der Waals surface area contributed by atoms with Gasteiger partial charge in [-0.1, -0.05) is 11.6 Å². The number of methoxy groups -OCH3 is 1. The molecule has 1 aromatic heterocycles. The number of H-pyrrole nitrogens is 1. The molecule has 2 rings (SSSR count). The Morgan fingerprint density at radius 1 is 1.36 bits per heavy atom. The summed E-state index contributed by atoms with van der Waals surface area (Å²) in [5, 5.41) is 0. The van der Waals surface area contributed by atoms with Crippen molar-refractivity contribution < 1.29 is 4.74 Å². The summed E-state index contributed by atoms with van der Waals surface area (Å²) in [5.41, 5.74) is 2.19. The summed E-state index contributed by atoms with van der Waals surface area (Å²) in [6.07, 6.45) is 3.54. The van der Waals surface area contributed by atoms with Crippen molar-refractivity contribution in [2.24, 2.45) is 0 Å². The Kier molecular flexibility index (Phi) is 2.23. The van der Waals surface area contributed by atoms with Gasteiger partial charge >= 0.3 is 0 Å². The molecule has 0 bridgehead atoms. The minimum atomic E-state index is 0.838. The highest BCUT2D eigenvalue weighted by Gasteiger charge is 2.07. The minimum Gasteiger partial charge on any atom is -0.496 e. The highest BCUT2D eigenvalue weighted by molar-refractivity contribution is 5.64. The minimum absolute atomic E-state index is 0.838. The molecule has 0 saturated heterocycles. The number of imidazole rings is 1. The van der Waals surface area contributed by atoms with Gasteiger partial charge in [-0.3, -0.25) is 0 Å². The number of nitrogens with one attached hydrogen (secondary N) is 1. The van der Waals surface area contributed by atoms with Gasteiger partial charge in [0.15, 0.2) is 0 Å². The van der Waals surface area contributed by atoms with E-state index in [1.807, 2.05) is 19.1 Å². The lowest BCUT2D eigenvalue weighted by Crippen LogP contribution is -1.89. The largest absolute Gasteiger partial charge is 0.496 e. The van der Waals surface area contributed by atoms with Gasteiger partial charge in [0, 0.05) is 12.4 Å². The summed E-state index contributed by atoms with van der Waals surface area (Å²) in [7, 11) is 1.66. The molecular weight excluding hydrogens is 176 g/mol. The molecule has 3 nitrogen and oxygen atoms in total. The van der Waals surface area contributed by atoms with Crippen molar-refractivity contribution in [3.05, 3.63) is 36.2 Å². The van der Waals surface area contributed by atoms with Crippen LogP contribution in [0.15, 0.2) is 30.6 Å². The van der Waals surface area contributed by atoms with Gasteiger partial charge in [0.2, 0.25) is 0 Å². The smallest absolute Gasteiger partial charge is 0.141 e. The second-order valence-electron chi connectivity index (χ2n) is 3.14. The summed E-state index contributed by atoms with van der Waals surface area (Å²) in [5.74, 6) is 1.68. The lowest BCUT2D eigenvalue weighted by atomic mass is 10.1. The third-order valence-electron chi connectivity index (χ3n) is 2.11. The molecule has 0 unspecified atom stereocenters. The lowest BCUT2D eigenvalue weighted by Gasteiger charge is -2.06. The van der Waals surface area contributed by atoms with Crippen LogP contribution in [0.25, 0.3) is 11.4 Å². The van der Waals surface area contributed by atoms with Crippen LogP contribution in [0.4, 0.5) is 0 Å². The molecule has 72 valence electrons. The lowest BCUT2D eigenvalue weighted by molar-refractivity contribution is 0.416. The van der Waals surface area contributed by atoms with E-state index in [2.05, 4.69) is 16.0 Å². The fourth-order valence-electron chi connectivity index (χ4n) is 1.42. The molecule has 1 aromatic carbocycles. The molecule has 0 saturated carbocycles. The summed E-state index contributed by atoms with van der Waals surface area (Å²) in [6, 6.07) is 6.02. The second-order valence-corrected chi connectivity index (χ2v) is 3.14. The fraction of sp³-hybridized carbons (Fsp3) is 0.182. The first kappa shape index (κ1) is 8.81. The molecule has 0 aliphatic heterocycles. The maximum atomic E-state index is 5.26. The van der Waals surface area contributed by atoms with E-state index in [0.717, 1.165) is 17.1 Å². The van der Waals surface area contributed by atoms with Crippen molar-refractivity contribution in [3.8, 4) is 17.1 Å². The Balaban J connectivity index is 2.55. The molecule has 2 aromatic rings. The van der Waals surface area contributed by atoms with Gasteiger partial charge < -0.3 is 9.72 Å².